The van der Waals surface area contributed by atoms with E-state index in [1.54, 1.807) is 0 Å². The Hall–Kier alpha value is -2.71. The largest absolute Gasteiger partial charge is 0.436 e. The molecule has 3 heterocycles. The second-order valence-corrected chi connectivity index (χ2v) is 14.7. The summed E-state index contributed by atoms with van der Waals surface area (Å²) >= 11 is 0. The third-order valence-corrected chi connectivity index (χ3v) is 10.1. The smallest absolute Gasteiger partial charge is 0.408 e. The number of allylic oxidation sites excluding steroid dienone is 1. The average Bonchev–Trinajstić information content (AvgIpc) is 3.23. The maximum absolute atomic E-state index is 13.7. The quantitative estimate of drug-likeness (QED) is 0.376. The molecule has 242 valence electrons. The van der Waals surface area contributed by atoms with Crippen LogP contribution in [-0.4, -0.2) is 97.5 Å². The molecule has 43 heavy (non-hydrogen) atoms. The number of hydrogen-bond donors (Lipinski definition) is 3. The fraction of sp³-hybridized carbons (Fsp3) is 0.793. The number of amides is 4. The molecule has 14 heteroatoms. The molecule has 1 saturated carbocycles. The van der Waals surface area contributed by atoms with Crippen molar-refractivity contribution in [3.8, 4) is 0 Å². The van der Waals surface area contributed by atoms with Crippen LogP contribution in [0.4, 0.5) is 4.79 Å². The van der Waals surface area contributed by atoms with Gasteiger partial charge in [0, 0.05) is 37.7 Å². The lowest BCUT2D eigenvalue weighted by atomic mass is 10.1. The summed E-state index contributed by atoms with van der Waals surface area (Å²) in [6.07, 6.45) is 7.87. The van der Waals surface area contributed by atoms with Gasteiger partial charge in [0.15, 0.2) is 6.10 Å². The summed E-state index contributed by atoms with van der Waals surface area (Å²) in [6.45, 7) is 6.24. The van der Waals surface area contributed by atoms with Crippen molar-refractivity contribution in [1.82, 2.24) is 24.6 Å². The molecule has 4 aliphatic rings. The zero-order valence-electron chi connectivity index (χ0n) is 25.7. The predicted octanol–water partition coefficient (Wildman–Crippen LogP) is 1.74. The van der Waals surface area contributed by atoms with Crippen LogP contribution in [-0.2, 0) is 34.1 Å². The molecule has 0 bridgehead atoms. The van der Waals surface area contributed by atoms with Crippen molar-refractivity contribution in [2.45, 2.75) is 114 Å². The third-order valence-electron chi connectivity index (χ3n) is 8.52. The van der Waals surface area contributed by atoms with E-state index >= 15 is 0 Å². The summed E-state index contributed by atoms with van der Waals surface area (Å²) in [6, 6.07) is -1.24. The lowest BCUT2D eigenvalue weighted by Gasteiger charge is -2.30. The highest BCUT2D eigenvalue weighted by molar-refractivity contribution is 7.87. The van der Waals surface area contributed by atoms with Gasteiger partial charge < -0.3 is 25.0 Å². The van der Waals surface area contributed by atoms with Crippen molar-refractivity contribution in [3.63, 3.8) is 0 Å². The van der Waals surface area contributed by atoms with Gasteiger partial charge in [-0.1, -0.05) is 18.6 Å². The summed E-state index contributed by atoms with van der Waals surface area (Å²) in [5, 5.41) is 5.56. The number of methoxy groups -OCH3 is 1. The Morgan fingerprint density at radius 3 is 2.53 bits per heavy atom. The fourth-order valence-electron chi connectivity index (χ4n) is 6.25. The zero-order chi connectivity index (χ0) is 31.4. The van der Waals surface area contributed by atoms with Gasteiger partial charge in [-0.25, -0.2) is 9.52 Å². The van der Waals surface area contributed by atoms with Crippen LogP contribution in [0.3, 0.4) is 0 Å². The number of carbonyl (C=O) groups is 4. The number of ether oxygens (including phenoxy) is 2. The number of rotatable bonds is 6. The summed E-state index contributed by atoms with van der Waals surface area (Å²) in [5.74, 6) is -2.14. The second-order valence-electron chi connectivity index (χ2n) is 13.1. The van der Waals surface area contributed by atoms with Crippen molar-refractivity contribution in [3.05, 3.63) is 12.2 Å². The van der Waals surface area contributed by atoms with Gasteiger partial charge in [0.1, 0.15) is 11.6 Å². The van der Waals surface area contributed by atoms with E-state index in [1.807, 2.05) is 32.9 Å². The Morgan fingerprint density at radius 2 is 1.81 bits per heavy atom. The summed E-state index contributed by atoms with van der Waals surface area (Å²) in [4.78, 5) is 55.0. The Labute approximate surface area is 254 Å². The molecule has 0 aromatic rings. The molecule has 0 aromatic carbocycles. The Morgan fingerprint density at radius 1 is 1.07 bits per heavy atom. The fourth-order valence-corrected chi connectivity index (χ4v) is 7.71. The number of fused-ring (bicyclic) bond motifs is 2. The summed E-state index contributed by atoms with van der Waals surface area (Å²) in [5.41, 5.74) is -2.00. The van der Waals surface area contributed by atoms with Crippen LogP contribution >= 0.6 is 0 Å². The van der Waals surface area contributed by atoms with Crippen molar-refractivity contribution < 1.29 is 37.1 Å². The molecule has 0 radical (unpaired) electrons. The Bertz CT molecular complexity index is 1200. The number of alkyl carbamates (subject to hydrolysis) is 1. The summed E-state index contributed by atoms with van der Waals surface area (Å²) in [7, 11) is -2.67. The van der Waals surface area contributed by atoms with E-state index in [0.717, 1.165) is 12.8 Å². The van der Waals surface area contributed by atoms with E-state index < -0.39 is 57.2 Å². The third kappa shape index (κ3) is 8.07. The van der Waals surface area contributed by atoms with Crippen molar-refractivity contribution in [2.75, 3.05) is 26.8 Å². The van der Waals surface area contributed by atoms with Crippen molar-refractivity contribution >= 4 is 34.0 Å². The molecule has 0 spiro atoms. The minimum Gasteiger partial charge on any atom is -0.436 e. The molecule has 4 amide bonds. The van der Waals surface area contributed by atoms with Crippen LogP contribution in [0, 0.1) is 5.92 Å². The van der Waals surface area contributed by atoms with Crippen molar-refractivity contribution in [2.24, 2.45) is 5.92 Å². The van der Waals surface area contributed by atoms with E-state index in [-0.39, 0.29) is 31.5 Å². The van der Waals surface area contributed by atoms with Gasteiger partial charge in [0.2, 0.25) is 5.91 Å². The van der Waals surface area contributed by atoms with Gasteiger partial charge in [-0.3, -0.25) is 14.4 Å². The van der Waals surface area contributed by atoms with E-state index in [1.165, 1.54) is 16.3 Å². The van der Waals surface area contributed by atoms with Crippen LogP contribution in [0.15, 0.2) is 12.2 Å². The van der Waals surface area contributed by atoms with E-state index in [4.69, 9.17) is 9.47 Å². The van der Waals surface area contributed by atoms with Crippen LogP contribution in [0.2, 0.25) is 0 Å². The zero-order valence-corrected chi connectivity index (χ0v) is 26.5. The first-order valence-electron chi connectivity index (χ1n) is 15.4. The van der Waals surface area contributed by atoms with Gasteiger partial charge in [-0.2, -0.15) is 12.7 Å². The molecule has 0 aromatic heterocycles. The van der Waals surface area contributed by atoms with Gasteiger partial charge in [-0.15, -0.1) is 0 Å². The SMILES string of the molecule is COC[C@H]1CCCN1S(=O)(=O)NC(=O)[C@@]12C[C@H]1C=CCCCCC[C@H](OC(=O)NC(C)(C)C)C(=O)N1CCC[C@H]1C(=O)N2. The number of hydrogen-bond acceptors (Lipinski definition) is 8. The summed E-state index contributed by atoms with van der Waals surface area (Å²) < 4.78 is 40.8. The molecule has 13 nitrogen and oxygen atoms in total. The molecule has 3 aliphatic heterocycles. The molecular weight excluding hydrogens is 578 g/mol. The van der Waals surface area contributed by atoms with Gasteiger partial charge >= 0.3 is 16.3 Å². The predicted molar refractivity (Wildman–Crippen MR) is 158 cm³/mol. The first kappa shape index (κ1) is 33.2. The molecule has 3 N–H and O–H groups in total. The lowest BCUT2D eigenvalue weighted by Crippen LogP contribution is -2.58. The minimum absolute atomic E-state index is 0.219. The average molecular weight is 626 g/mol. The molecular formula is C29H47N5O8S. The van der Waals surface area contributed by atoms with Gasteiger partial charge in [0.25, 0.3) is 11.8 Å². The molecule has 5 atom stereocenters. The molecule has 2 saturated heterocycles. The first-order chi connectivity index (χ1) is 20.3. The van der Waals surface area contributed by atoms with E-state index in [0.29, 0.717) is 51.5 Å². The van der Waals surface area contributed by atoms with Crippen LogP contribution < -0.4 is 15.4 Å². The normalized spacial score (nSPS) is 30.8. The highest BCUT2D eigenvalue weighted by Crippen LogP contribution is 2.46. The second kappa shape index (κ2) is 13.5. The minimum atomic E-state index is -4.17. The monoisotopic (exact) mass is 625 g/mol. The standard InChI is InChI=1S/C29H47N5O8S/c1-28(2,3)31-27(38)42-23-15-9-7-5-6-8-12-20-18-29(20,30-24(35)22-14-11-16-33(22)25(23)36)26(37)32-43(39,40)34-17-10-13-21(34)19-41-4/h8,12,20-23H,5-7,9-11,13-19H2,1-4H3,(H,30,35)(H,31,38)(H,32,37)/t20-,21-,22+,23+,29-/m1/s1. The Balaban J connectivity index is 1.54. The van der Waals surface area contributed by atoms with Gasteiger partial charge in [-0.05, 0) is 78.6 Å². The highest BCUT2D eigenvalue weighted by Gasteiger charge is 2.61. The lowest BCUT2D eigenvalue weighted by molar-refractivity contribution is -0.146. The van der Waals surface area contributed by atoms with E-state index in [9.17, 15) is 27.6 Å². The number of nitrogens with one attached hydrogen (secondary N) is 3. The highest BCUT2D eigenvalue weighted by atomic mass is 32.2. The number of nitrogens with zero attached hydrogens (tertiary/aromatic N) is 2. The molecule has 1 aliphatic carbocycles. The van der Waals surface area contributed by atoms with Crippen molar-refractivity contribution in [1.29, 1.82) is 0 Å². The first-order valence-corrected chi connectivity index (χ1v) is 16.8. The maximum Gasteiger partial charge on any atom is 0.408 e. The van der Waals surface area contributed by atoms with Crippen LogP contribution in [0.5, 0.6) is 0 Å². The molecule has 3 fully saturated rings. The van der Waals surface area contributed by atoms with Gasteiger partial charge in [0.05, 0.1) is 6.61 Å². The number of carbonyl (C=O) groups excluding carboxylic acids is 4. The topological polar surface area (TPSA) is 163 Å². The maximum atomic E-state index is 13.7. The Kier molecular flexibility index (Phi) is 10.4. The molecule has 0 unspecified atom stereocenters. The van der Waals surface area contributed by atoms with Crippen LogP contribution in [0.1, 0.15) is 85.0 Å². The van der Waals surface area contributed by atoms with E-state index in [2.05, 4.69) is 15.4 Å². The van der Waals surface area contributed by atoms with Crippen LogP contribution in [0.25, 0.3) is 0 Å². The molecule has 4 rings (SSSR count).